The Kier molecular flexibility index (Phi) is 5.45. The summed E-state index contributed by atoms with van der Waals surface area (Å²) in [5.74, 6) is 1.25. The van der Waals surface area contributed by atoms with Gasteiger partial charge >= 0.3 is 0 Å². The molecule has 1 aromatic carbocycles. The SMILES string of the molecule is CCOCOc1cc(OC)c(C(C)=O)c(OC)c1. The van der Waals surface area contributed by atoms with Crippen molar-refractivity contribution in [1.82, 2.24) is 0 Å². The lowest BCUT2D eigenvalue weighted by molar-refractivity contribution is 0.0222. The van der Waals surface area contributed by atoms with E-state index in [9.17, 15) is 4.79 Å². The van der Waals surface area contributed by atoms with Gasteiger partial charge < -0.3 is 18.9 Å². The Hall–Kier alpha value is -1.75. The molecular weight excluding hydrogens is 236 g/mol. The minimum absolute atomic E-state index is 0.125. The number of carbonyl (C=O) groups is 1. The molecule has 0 bridgehead atoms. The van der Waals surface area contributed by atoms with Gasteiger partial charge in [-0.05, 0) is 13.8 Å². The maximum Gasteiger partial charge on any atom is 0.189 e. The third-order valence-corrected chi connectivity index (χ3v) is 2.34. The van der Waals surface area contributed by atoms with Gasteiger partial charge in [0.05, 0.1) is 14.2 Å². The van der Waals surface area contributed by atoms with Crippen LogP contribution in [0, 0.1) is 0 Å². The third kappa shape index (κ3) is 3.37. The van der Waals surface area contributed by atoms with Gasteiger partial charge in [-0.25, -0.2) is 0 Å². The molecule has 5 heteroatoms. The molecule has 100 valence electrons. The highest BCUT2D eigenvalue weighted by Crippen LogP contribution is 2.34. The summed E-state index contributed by atoms with van der Waals surface area (Å²) >= 11 is 0. The first-order valence-electron chi connectivity index (χ1n) is 5.61. The first-order chi connectivity index (χ1) is 8.63. The van der Waals surface area contributed by atoms with Crippen LogP contribution in [-0.4, -0.2) is 33.4 Å². The normalized spacial score (nSPS) is 10.0. The lowest BCUT2D eigenvalue weighted by atomic mass is 10.1. The summed E-state index contributed by atoms with van der Waals surface area (Å²) in [7, 11) is 2.99. The van der Waals surface area contributed by atoms with Crippen LogP contribution in [0.2, 0.25) is 0 Å². The molecule has 0 atom stereocenters. The molecule has 0 fully saturated rings. The second-order valence-electron chi connectivity index (χ2n) is 3.51. The van der Waals surface area contributed by atoms with E-state index < -0.39 is 0 Å². The number of hydrogen-bond donors (Lipinski definition) is 0. The van der Waals surface area contributed by atoms with Crippen molar-refractivity contribution in [2.75, 3.05) is 27.6 Å². The predicted molar refractivity (Wildman–Crippen MR) is 66.7 cm³/mol. The average Bonchev–Trinajstić information content (AvgIpc) is 2.37. The molecule has 0 saturated heterocycles. The van der Waals surface area contributed by atoms with Gasteiger partial charge in [-0.3, -0.25) is 4.79 Å². The Morgan fingerprint density at radius 1 is 1.17 bits per heavy atom. The molecule has 0 saturated carbocycles. The zero-order valence-electron chi connectivity index (χ0n) is 11.1. The van der Waals surface area contributed by atoms with E-state index in [-0.39, 0.29) is 12.6 Å². The molecular formula is C13H18O5. The van der Waals surface area contributed by atoms with Crippen LogP contribution in [0.25, 0.3) is 0 Å². The van der Waals surface area contributed by atoms with Gasteiger partial charge in [0.15, 0.2) is 12.6 Å². The predicted octanol–water partition coefficient (Wildman–Crippen LogP) is 2.28. The summed E-state index contributed by atoms with van der Waals surface area (Å²) in [4.78, 5) is 11.6. The van der Waals surface area contributed by atoms with Gasteiger partial charge in [0.25, 0.3) is 0 Å². The van der Waals surface area contributed by atoms with Crippen molar-refractivity contribution < 1.29 is 23.7 Å². The summed E-state index contributed by atoms with van der Waals surface area (Å²) in [5.41, 5.74) is 0.406. The van der Waals surface area contributed by atoms with Crippen LogP contribution in [0.15, 0.2) is 12.1 Å². The molecule has 0 aliphatic heterocycles. The minimum atomic E-state index is -0.125. The molecule has 1 aromatic rings. The Balaban J connectivity index is 3.06. The van der Waals surface area contributed by atoms with E-state index >= 15 is 0 Å². The first-order valence-corrected chi connectivity index (χ1v) is 5.61. The molecule has 0 aliphatic rings. The molecule has 18 heavy (non-hydrogen) atoms. The monoisotopic (exact) mass is 254 g/mol. The summed E-state index contributed by atoms with van der Waals surface area (Å²) in [6.07, 6.45) is 0. The largest absolute Gasteiger partial charge is 0.496 e. The number of ether oxygens (including phenoxy) is 4. The lowest BCUT2D eigenvalue weighted by Crippen LogP contribution is -2.05. The molecule has 5 nitrogen and oxygen atoms in total. The van der Waals surface area contributed by atoms with Crippen LogP contribution in [0.4, 0.5) is 0 Å². The van der Waals surface area contributed by atoms with Crippen LogP contribution in [0.5, 0.6) is 17.2 Å². The fraction of sp³-hybridized carbons (Fsp3) is 0.462. The number of hydrogen-bond acceptors (Lipinski definition) is 5. The van der Waals surface area contributed by atoms with E-state index in [1.165, 1.54) is 21.1 Å². The molecule has 0 spiro atoms. The summed E-state index contributed by atoms with van der Waals surface area (Å²) in [6.45, 7) is 4.05. The van der Waals surface area contributed by atoms with Crippen LogP contribution in [0.3, 0.4) is 0 Å². The van der Waals surface area contributed by atoms with Gasteiger partial charge in [-0.2, -0.15) is 0 Å². The lowest BCUT2D eigenvalue weighted by Gasteiger charge is -2.14. The zero-order valence-corrected chi connectivity index (χ0v) is 11.1. The van der Waals surface area contributed by atoms with E-state index in [1.54, 1.807) is 12.1 Å². The van der Waals surface area contributed by atoms with Crippen LogP contribution < -0.4 is 14.2 Å². The van der Waals surface area contributed by atoms with Crippen LogP contribution in [-0.2, 0) is 4.74 Å². The molecule has 1 rings (SSSR count). The van der Waals surface area contributed by atoms with Gasteiger partial charge in [0.1, 0.15) is 22.8 Å². The van der Waals surface area contributed by atoms with E-state index in [2.05, 4.69) is 0 Å². The molecule has 0 aliphatic carbocycles. The number of rotatable bonds is 7. The number of benzene rings is 1. The van der Waals surface area contributed by atoms with Crippen LogP contribution >= 0.6 is 0 Å². The maximum atomic E-state index is 11.6. The molecule has 0 amide bonds. The Morgan fingerprint density at radius 2 is 1.72 bits per heavy atom. The highest BCUT2D eigenvalue weighted by molar-refractivity contribution is 6.00. The van der Waals surface area contributed by atoms with Crippen molar-refractivity contribution in [2.24, 2.45) is 0 Å². The standard InChI is InChI=1S/C13H18O5/c1-5-17-8-18-10-6-11(15-3)13(9(2)14)12(7-10)16-4/h6-7H,5,8H2,1-4H3. The zero-order chi connectivity index (χ0) is 13.5. The highest BCUT2D eigenvalue weighted by atomic mass is 16.7. The number of ketones is 1. The van der Waals surface area contributed by atoms with E-state index in [0.717, 1.165) is 0 Å². The van der Waals surface area contributed by atoms with Crippen molar-refractivity contribution >= 4 is 5.78 Å². The van der Waals surface area contributed by atoms with E-state index in [0.29, 0.717) is 29.4 Å². The molecule has 0 heterocycles. The number of carbonyl (C=O) groups excluding carboxylic acids is 1. The number of methoxy groups -OCH3 is 2. The Morgan fingerprint density at radius 3 is 2.11 bits per heavy atom. The minimum Gasteiger partial charge on any atom is -0.496 e. The fourth-order valence-corrected chi connectivity index (χ4v) is 1.51. The van der Waals surface area contributed by atoms with Gasteiger partial charge in [-0.1, -0.05) is 0 Å². The molecule has 0 radical (unpaired) electrons. The number of Topliss-reactive ketones (excluding diaryl/α,β-unsaturated/α-hetero) is 1. The Bertz CT molecular complexity index is 389. The van der Waals surface area contributed by atoms with Gasteiger partial charge in [0, 0.05) is 18.7 Å². The van der Waals surface area contributed by atoms with Crippen molar-refractivity contribution in [1.29, 1.82) is 0 Å². The second kappa shape index (κ2) is 6.86. The highest BCUT2D eigenvalue weighted by Gasteiger charge is 2.17. The Labute approximate surface area is 107 Å². The molecule has 0 N–H and O–H groups in total. The second-order valence-corrected chi connectivity index (χ2v) is 3.51. The van der Waals surface area contributed by atoms with Gasteiger partial charge in [-0.15, -0.1) is 0 Å². The maximum absolute atomic E-state index is 11.6. The van der Waals surface area contributed by atoms with Crippen molar-refractivity contribution in [2.45, 2.75) is 13.8 Å². The summed E-state index contributed by atoms with van der Waals surface area (Å²) in [5, 5.41) is 0. The first kappa shape index (κ1) is 14.3. The van der Waals surface area contributed by atoms with E-state index in [1.807, 2.05) is 6.92 Å². The topological polar surface area (TPSA) is 54.0 Å². The quantitative estimate of drug-likeness (QED) is 0.424. The van der Waals surface area contributed by atoms with Gasteiger partial charge in [0.2, 0.25) is 0 Å². The average molecular weight is 254 g/mol. The third-order valence-electron chi connectivity index (χ3n) is 2.34. The van der Waals surface area contributed by atoms with Crippen molar-refractivity contribution in [3.8, 4) is 17.2 Å². The molecule has 0 aromatic heterocycles. The fourth-order valence-electron chi connectivity index (χ4n) is 1.51. The van der Waals surface area contributed by atoms with E-state index in [4.69, 9.17) is 18.9 Å². The molecule has 0 unspecified atom stereocenters. The van der Waals surface area contributed by atoms with Crippen LogP contribution in [0.1, 0.15) is 24.2 Å². The van der Waals surface area contributed by atoms with Crippen molar-refractivity contribution in [3.05, 3.63) is 17.7 Å². The smallest absolute Gasteiger partial charge is 0.189 e. The summed E-state index contributed by atoms with van der Waals surface area (Å²) < 4.78 is 20.8. The van der Waals surface area contributed by atoms with Crippen molar-refractivity contribution in [3.63, 3.8) is 0 Å². The summed E-state index contributed by atoms with van der Waals surface area (Å²) in [6, 6.07) is 3.27.